The number of halogens is 2. The average Bonchev–Trinajstić information content (AvgIpc) is 2.58. The molecule has 7 nitrogen and oxygen atoms in total. The first kappa shape index (κ1) is 21.9. The lowest BCUT2D eigenvalue weighted by molar-refractivity contribution is -0.385. The molecular formula is C16H25Cl2N3O4. The number of nitro benzene ring substituents is 1. The molecule has 25 heavy (non-hydrogen) atoms. The van der Waals surface area contributed by atoms with Crippen molar-refractivity contribution >= 4 is 30.5 Å². The third-order valence-corrected chi connectivity index (χ3v) is 4.80. The Balaban J connectivity index is 0.00000156. The van der Waals surface area contributed by atoms with Gasteiger partial charge >= 0.3 is 0 Å². The largest absolute Gasteiger partial charge is 0.508 e. The van der Waals surface area contributed by atoms with Crippen molar-refractivity contribution in [2.24, 2.45) is 5.92 Å². The quantitative estimate of drug-likeness (QED) is 0.603. The van der Waals surface area contributed by atoms with Gasteiger partial charge in [0.15, 0.2) is 0 Å². The smallest absolute Gasteiger partial charge is 0.270 e. The molecule has 9 heteroatoms. The fourth-order valence-corrected chi connectivity index (χ4v) is 3.63. The molecule has 0 amide bonds. The van der Waals surface area contributed by atoms with Crippen molar-refractivity contribution in [1.29, 1.82) is 0 Å². The summed E-state index contributed by atoms with van der Waals surface area (Å²) < 4.78 is 5.46. The summed E-state index contributed by atoms with van der Waals surface area (Å²) in [7, 11) is 0. The SMILES string of the molecule is Cl.Cl.O=[N+]([O-])c1ccc(O)c([C@H](C2CCOCC2)N2CCNCC2)c1. The Bertz CT molecular complexity index is 546. The lowest BCUT2D eigenvalue weighted by Gasteiger charge is -2.41. The Morgan fingerprint density at radius 2 is 1.88 bits per heavy atom. The topological polar surface area (TPSA) is 87.9 Å². The van der Waals surface area contributed by atoms with Crippen molar-refractivity contribution in [1.82, 2.24) is 10.2 Å². The lowest BCUT2D eigenvalue weighted by Crippen LogP contribution is -2.47. The highest BCUT2D eigenvalue weighted by atomic mass is 35.5. The van der Waals surface area contributed by atoms with E-state index in [-0.39, 0.29) is 42.3 Å². The molecule has 0 spiro atoms. The number of benzene rings is 1. The molecule has 1 atom stereocenters. The zero-order valence-corrected chi connectivity index (χ0v) is 15.6. The fraction of sp³-hybridized carbons (Fsp3) is 0.625. The first-order valence-electron chi connectivity index (χ1n) is 8.16. The highest BCUT2D eigenvalue weighted by Crippen LogP contribution is 2.40. The van der Waals surface area contributed by atoms with Crippen molar-refractivity contribution < 1.29 is 14.8 Å². The first-order chi connectivity index (χ1) is 11.2. The molecule has 0 aliphatic carbocycles. The lowest BCUT2D eigenvalue weighted by atomic mass is 9.85. The van der Waals surface area contributed by atoms with Crippen LogP contribution in [0.5, 0.6) is 5.75 Å². The molecule has 0 aromatic heterocycles. The minimum atomic E-state index is -0.401. The number of phenolic OH excluding ortho intramolecular Hbond substituents is 1. The fourth-order valence-electron chi connectivity index (χ4n) is 3.63. The minimum Gasteiger partial charge on any atom is -0.508 e. The van der Waals surface area contributed by atoms with Gasteiger partial charge in [-0.15, -0.1) is 24.8 Å². The number of nitrogens with zero attached hydrogens (tertiary/aromatic N) is 2. The van der Waals surface area contributed by atoms with E-state index >= 15 is 0 Å². The highest BCUT2D eigenvalue weighted by molar-refractivity contribution is 5.85. The number of aromatic hydroxyl groups is 1. The molecule has 2 heterocycles. The van der Waals surface area contributed by atoms with Gasteiger partial charge in [0, 0.05) is 63.1 Å². The molecule has 1 aromatic rings. The summed E-state index contributed by atoms with van der Waals surface area (Å²) in [5, 5.41) is 24.8. The van der Waals surface area contributed by atoms with E-state index in [4.69, 9.17) is 4.74 Å². The Morgan fingerprint density at radius 3 is 2.48 bits per heavy atom. The van der Waals surface area contributed by atoms with Crippen LogP contribution in [0.2, 0.25) is 0 Å². The molecule has 3 rings (SSSR count). The Kier molecular flexibility index (Phi) is 8.88. The van der Waals surface area contributed by atoms with E-state index in [1.807, 2.05) is 0 Å². The van der Waals surface area contributed by atoms with Gasteiger partial charge in [-0.25, -0.2) is 0 Å². The summed E-state index contributed by atoms with van der Waals surface area (Å²) in [6.45, 7) is 4.98. The van der Waals surface area contributed by atoms with Gasteiger partial charge in [0.1, 0.15) is 5.75 Å². The van der Waals surface area contributed by atoms with Crippen LogP contribution in [0.3, 0.4) is 0 Å². The molecule has 0 radical (unpaired) electrons. The van der Waals surface area contributed by atoms with Gasteiger partial charge in [0.25, 0.3) is 5.69 Å². The molecular weight excluding hydrogens is 369 g/mol. The number of non-ortho nitro benzene ring substituents is 1. The van der Waals surface area contributed by atoms with Crippen molar-refractivity contribution in [3.05, 3.63) is 33.9 Å². The zero-order chi connectivity index (χ0) is 16.2. The Morgan fingerprint density at radius 1 is 1.24 bits per heavy atom. The van der Waals surface area contributed by atoms with Crippen LogP contribution in [-0.2, 0) is 4.74 Å². The average molecular weight is 394 g/mol. The molecule has 0 unspecified atom stereocenters. The maximum Gasteiger partial charge on any atom is 0.270 e. The van der Waals surface area contributed by atoms with E-state index in [0.717, 1.165) is 39.0 Å². The third-order valence-electron chi connectivity index (χ3n) is 4.80. The zero-order valence-electron chi connectivity index (χ0n) is 13.9. The number of rotatable bonds is 4. The predicted molar refractivity (Wildman–Crippen MR) is 100.0 cm³/mol. The Labute approximate surface area is 159 Å². The Hall–Kier alpha value is -1.12. The van der Waals surface area contributed by atoms with Crippen LogP contribution in [0.25, 0.3) is 0 Å². The maximum atomic E-state index is 11.1. The summed E-state index contributed by atoms with van der Waals surface area (Å²) >= 11 is 0. The molecule has 2 N–H and O–H groups in total. The molecule has 0 bridgehead atoms. The van der Waals surface area contributed by atoms with Crippen LogP contribution < -0.4 is 5.32 Å². The van der Waals surface area contributed by atoms with Gasteiger partial charge < -0.3 is 15.2 Å². The summed E-state index contributed by atoms with van der Waals surface area (Å²) in [6.07, 6.45) is 1.83. The van der Waals surface area contributed by atoms with Crippen molar-refractivity contribution in [2.45, 2.75) is 18.9 Å². The van der Waals surface area contributed by atoms with E-state index in [0.29, 0.717) is 24.7 Å². The number of hydrogen-bond acceptors (Lipinski definition) is 6. The standard InChI is InChI=1S/C16H23N3O4.2ClH/c20-15-2-1-13(19(21)22)11-14(15)16(12-3-9-23-10-4-12)18-7-5-17-6-8-18;;/h1-2,11-12,16-17,20H,3-10H2;2*1H/t16-;;/m0../s1. The summed E-state index contributed by atoms with van der Waals surface area (Å²) in [6, 6.07) is 4.35. The summed E-state index contributed by atoms with van der Waals surface area (Å²) in [5.41, 5.74) is 0.706. The third kappa shape index (κ3) is 5.18. The van der Waals surface area contributed by atoms with E-state index in [9.17, 15) is 15.2 Å². The van der Waals surface area contributed by atoms with Gasteiger partial charge in [-0.05, 0) is 24.8 Å². The van der Waals surface area contributed by atoms with E-state index < -0.39 is 4.92 Å². The number of nitro groups is 1. The van der Waals surface area contributed by atoms with Crippen LogP contribution in [0.15, 0.2) is 18.2 Å². The van der Waals surface area contributed by atoms with Gasteiger partial charge in [0.2, 0.25) is 0 Å². The van der Waals surface area contributed by atoms with Crippen molar-refractivity contribution in [3.8, 4) is 5.75 Å². The van der Waals surface area contributed by atoms with Crippen molar-refractivity contribution in [3.63, 3.8) is 0 Å². The van der Waals surface area contributed by atoms with Gasteiger partial charge in [-0.2, -0.15) is 0 Å². The molecule has 1 aromatic carbocycles. The van der Waals surface area contributed by atoms with E-state index in [1.165, 1.54) is 18.2 Å². The van der Waals surface area contributed by atoms with Crippen LogP contribution in [0.1, 0.15) is 24.4 Å². The molecule has 2 aliphatic heterocycles. The van der Waals surface area contributed by atoms with E-state index in [2.05, 4.69) is 10.2 Å². The van der Waals surface area contributed by atoms with Gasteiger partial charge in [0.05, 0.1) is 4.92 Å². The summed E-state index contributed by atoms with van der Waals surface area (Å²) in [4.78, 5) is 13.1. The van der Waals surface area contributed by atoms with Crippen LogP contribution in [0, 0.1) is 16.0 Å². The molecule has 2 aliphatic rings. The molecule has 142 valence electrons. The summed E-state index contributed by atoms with van der Waals surface area (Å²) in [5.74, 6) is 0.486. The number of nitrogens with one attached hydrogen (secondary N) is 1. The van der Waals surface area contributed by atoms with Crippen LogP contribution >= 0.6 is 24.8 Å². The van der Waals surface area contributed by atoms with Crippen LogP contribution in [-0.4, -0.2) is 54.3 Å². The van der Waals surface area contributed by atoms with Crippen LogP contribution in [0.4, 0.5) is 5.69 Å². The molecule has 2 saturated heterocycles. The van der Waals surface area contributed by atoms with Gasteiger partial charge in [-0.3, -0.25) is 15.0 Å². The second-order valence-electron chi connectivity index (χ2n) is 6.18. The number of hydrogen-bond donors (Lipinski definition) is 2. The highest BCUT2D eigenvalue weighted by Gasteiger charge is 2.33. The normalized spacial score (nSPS) is 20.2. The monoisotopic (exact) mass is 393 g/mol. The van der Waals surface area contributed by atoms with Gasteiger partial charge in [-0.1, -0.05) is 0 Å². The minimum absolute atomic E-state index is 0. The predicted octanol–water partition coefficient (Wildman–Crippen LogP) is 2.52. The first-order valence-corrected chi connectivity index (χ1v) is 8.16. The molecule has 2 fully saturated rings. The molecule has 0 saturated carbocycles. The maximum absolute atomic E-state index is 11.1. The van der Waals surface area contributed by atoms with E-state index in [1.54, 1.807) is 0 Å². The number of piperazine rings is 1. The second-order valence-corrected chi connectivity index (χ2v) is 6.18. The number of ether oxygens (including phenoxy) is 1. The second kappa shape index (κ2) is 10.1. The van der Waals surface area contributed by atoms with Crippen molar-refractivity contribution in [2.75, 3.05) is 39.4 Å². The number of phenols is 1.